The summed E-state index contributed by atoms with van der Waals surface area (Å²) in [5.41, 5.74) is 0. The molecule has 164 valence electrons. The third-order valence-corrected chi connectivity index (χ3v) is 6.29. The number of carbonyl (C=O) groups is 1. The van der Waals surface area contributed by atoms with Crippen molar-refractivity contribution in [1.82, 2.24) is 34.4 Å². The van der Waals surface area contributed by atoms with Crippen molar-refractivity contribution >= 4 is 6.09 Å². The van der Waals surface area contributed by atoms with E-state index in [2.05, 4.69) is 10.1 Å². The van der Waals surface area contributed by atoms with Crippen LogP contribution in [-0.2, 0) is 11.8 Å². The number of aryl methyl sites for hydroxylation is 2. The van der Waals surface area contributed by atoms with Crippen molar-refractivity contribution in [3.8, 4) is 5.95 Å². The Labute approximate surface area is 177 Å². The molecule has 0 aromatic carbocycles. The predicted octanol–water partition coefficient (Wildman–Crippen LogP) is 3.48. The Morgan fingerprint density at radius 2 is 1.70 bits per heavy atom. The molecular weight excluding hydrogens is 382 g/mol. The Morgan fingerprint density at radius 1 is 1.00 bits per heavy atom. The molecule has 4 rings (SSSR count). The maximum Gasteiger partial charge on any atom is 0.409 e. The quantitative estimate of drug-likeness (QED) is 0.710. The molecule has 1 saturated heterocycles. The van der Waals surface area contributed by atoms with Crippen LogP contribution in [-0.4, -0.2) is 60.2 Å². The summed E-state index contributed by atoms with van der Waals surface area (Å²) in [7, 11) is 1.90. The molecule has 2 aliphatic rings. The zero-order chi connectivity index (χ0) is 21.1. The van der Waals surface area contributed by atoms with Crippen LogP contribution in [0.3, 0.4) is 0 Å². The highest BCUT2D eigenvalue weighted by molar-refractivity contribution is 5.67. The van der Waals surface area contributed by atoms with Gasteiger partial charge in [-0.25, -0.2) is 14.5 Å². The highest BCUT2D eigenvalue weighted by Gasteiger charge is 2.31. The van der Waals surface area contributed by atoms with Gasteiger partial charge in [0, 0.05) is 32.0 Å². The van der Waals surface area contributed by atoms with Gasteiger partial charge in [-0.2, -0.15) is 14.8 Å². The van der Waals surface area contributed by atoms with Crippen LogP contribution in [0.4, 0.5) is 4.79 Å². The van der Waals surface area contributed by atoms with Crippen molar-refractivity contribution in [2.24, 2.45) is 7.05 Å². The lowest BCUT2D eigenvalue weighted by Gasteiger charge is -2.30. The highest BCUT2D eigenvalue weighted by Crippen LogP contribution is 2.33. The number of hydrogen-bond donors (Lipinski definition) is 0. The van der Waals surface area contributed by atoms with Crippen LogP contribution >= 0.6 is 0 Å². The molecule has 0 bridgehead atoms. The summed E-state index contributed by atoms with van der Waals surface area (Å²) < 4.78 is 8.84. The minimum Gasteiger partial charge on any atom is -0.450 e. The standard InChI is InChI=1S/C21H33N7O2/c1-4-30-21(29)27-13-11-17(12-14-27)19-23-18(16-9-7-5-6-8-10-16)25-28(19)20-22-15(2)24-26(20)3/h16-17H,4-14H2,1-3H3. The van der Waals surface area contributed by atoms with E-state index in [1.807, 2.05) is 25.6 Å². The number of piperidine rings is 1. The van der Waals surface area contributed by atoms with Gasteiger partial charge in [-0.15, -0.1) is 5.10 Å². The van der Waals surface area contributed by atoms with Crippen molar-refractivity contribution in [1.29, 1.82) is 0 Å². The topological polar surface area (TPSA) is 91.0 Å². The number of aromatic nitrogens is 6. The highest BCUT2D eigenvalue weighted by atomic mass is 16.6. The first-order chi connectivity index (χ1) is 14.6. The fourth-order valence-electron chi connectivity index (χ4n) is 4.68. The molecule has 0 atom stereocenters. The Kier molecular flexibility index (Phi) is 6.34. The lowest BCUT2D eigenvalue weighted by Crippen LogP contribution is -2.38. The molecular formula is C21H33N7O2. The summed E-state index contributed by atoms with van der Waals surface area (Å²) >= 11 is 0. The van der Waals surface area contributed by atoms with Crippen LogP contribution < -0.4 is 0 Å². The zero-order valence-corrected chi connectivity index (χ0v) is 18.4. The van der Waals surface area contributed by atoms with Gasteiger partial charge >= 0.3 is 6.09 Å². The first-order valence-corrected chi connectivity index (χ1v) is 11.3. The Bertz CT molecular complexity index is 859. The van der Waals surface area contributed by atoms with Crippen LogP contribution in [0.5, 0.6) is 0 Å². The van der Waals surface area contributed by atoms with Crippen molar-refractivity contribution in [3.05, 3.63) is 17.5 Å². The zero-order valence-electron chi connectivity index (χ0n) is 18.4. The van der Waals surface area contributed by atoms with E-state index in [-0.39, 0.29) is 12.0 Å². The van der Waals surface area contributed by atoms with Crippen LogP contribution in [0.1, 0.15) is 87.6 Å². The fraction of sp³-hybridized carbons (Fsp3) is 0.762. The van der Waals surface area contributed by atoms with Gasteiger partial charge in [-0.05, 0) is 39.5 Å². The van der Waals surface area contributed by atoms with Gasteiger partial charge in [-0.1, -0.05) is 25.7 Å². The molecule has 1 saturated carbocycles. The molecule has 9 nitrogen and oxygen atoms in total. The predicted molar refractivity (Wildman–Crippen MR) is 112 cm³/mol. The van der Waals surface area contributed by atoms with Crippen LogP contribution in [0.15, 0.2) is 0 Å². The summed E-state index contributed by atoms with van der Waals surface area (Å²) in [6.45, 7) is 5.48. The first-order valence-electron chi connectivity index (χ1n) is 11.3. The number of likely N-dealkylation sites (tertiary alicyclic amines) is 1. The van der Waals surface area contributed by atoms with E-state index >= 15 is 0 Å². The summed E-state index contributed by atoms with van der Waals surface area (Å²) in [4.78, 5) is 23.5. The molecule has 1 amide bonds. The number of carbonyl (C=O) groups excluding carboxylic acids is 1. The molecule has 9 heteroatoms. The van der Waals surface area contributed by atoms with Crippen molar-refractivity contribution in [2.45, 2.75) is 77.0 Å². The van der Waals surface area contributed by atoms with E-state index in [1.165, 1.54) is 25.7 Å². The minimum atomic E-state index is -0.222. The number of nitrogens with zero attached hydrogens (tertiary/aromatic N) is 7. The third-order valence-electron chi connectivity index (χ3n) is 6.29. The Morgan fingerprint density at radius 3 is 2.30 bits per heavy atom. The summed E-state index contributed by atoms with van der Waals surface area (Å²) in [5.74, 6) is 3.99. The Balaban J connectivity index is 1.61. The van der Waals surface area contributed by atoms with Gasteiger partial charge in [0.15, 0.2) is 5.82 Å². The molecule has 1 aliphatic heterocycles. The van der Waals surface area contributed by atoms with Gasteiger partial charge < -0.3 is 9.64 Å². The summed E-state index contributed by atoms with van der Waals surface area (Å²) in [6, 6.07) is 0. The van der Waals surface area contributed by atoms with E-state index in [9.17, 15) is 4.79 Å². The number of rotatable bonds is 4. The maximum atomic E-state index is 12.1. The second kappa shape index (κ2) is 9.14. The molecule has 3 heterocycles. The normalized spacial score (nSPS) is 19.1. The van der Waals surface area contributed by atoms with Crippen molar-refractivity contribution in [3.63, 3.8) is 0 Å². The van der Waals surface area contributed by atoms with Gasteiger partial charge in [0.05, 0.1) is 6.61 Å². The van der Waals surface area contributed by atoms with Gasteiger partial charge in [0.2, 0.25) is 0 Å². The van der Waals surface area contributed by atoms with E-state index in [4.69, 9.17) is 14.8 Å². The smallest absolute Gasteiger partial charge is 0.409 e. The Hall–Kier alpha value is -2.45. The fourth-order valence-corrected chi connectivity index (χ4v) is 4.68. The maximum absolute atomic E-state index is 12.1. The lowest BCUT2D eigenvalue weighted by molar-refractivity contribution is 0.0965. The molecule has 0 radical (unpaired) electrons. The SMILES string of the molecule is CCOC(=O)N1CCC(c2nc(C3CCCCCC3)nn2-c2nc(C)nn2C)CC1. The van der Waals surface area contributed by atoms with Crippen LogP contribution in [0, 0.1) is 6.92 Å². The van der Waals surface area contributed by atoms with E-state index in [0.717, 1.165) is 43.2 Å². The molecule has 2 aromatic heterocycles. The van der Waals surface area contributed by atoms with E-state index < -0.39 is 0 Å². The second-order valence-electron chi connectivity index (χ2n) is 8.47. The van der Waals surface area contributed by atoms with Gasteiger partial charge in [0.25, 0.3) is 5.95 Å². The first kappa shape index (κ1) is 20.8. The molecule has 0 N–H and O–H groups in total. The lowest BCUT2D eigenvalue weighted by atomic mass is 9.96. The molecule has 2 fully saturated rings. The average molecular weight is 416 g/mol. The second-order valence-corrected chi connectivity index (χ2v) is 8.47. The van der Waals surface area contributed by atoms with E-state index in [0.29, 0.717) is 31.6 Å². The van der Waals surface area contributed by atoms with Crippen molar-refractivity contribution < 1.29 is 9.53 Å². The largest absolute Gasteiger partial charge is 0.450 e. The number of hydrogen-bond acceptors (Lipinski definition) is 6. The molecule has 0 unspecified atom stereocenters. The summed E-state index contributed by atoms with van der Waals surface area (Å²) in [6.07, 6.45) is 8.88. The van der Waals surface area contributed by atoms with Crippen molar-refractivity contribution in [2.75, 3.05) is 19.7 Å². The van der Waals surface area contributed by atoms with Gasteiger partial charge in [0.1, 0.15) is 11.6 Å². The van der Waals surface area contributed by atoms with Gasteiger partial charge in [-0.3, -0.25) is 0 Å². The molecule has 1 aliphatic carbocycles. The molecule has 30 heavy (non-hydrogen) atoms. The van der Waals surface area contributed by atoms with Crippen LogP contribution in [0.25, 0.3) is 5.95 Å². The molecule has 0 spiro atoms. The average Bonchev–Trinajstić information content (AvgIpc) is 3.20. The monoisotopic (exact) mass is 415 g/mol. The number of ether oxygens (including phenoxy) is 1. The number of amides is 1. The minimum absolute atomic E-state index is 0.222. The summed E-state index contributed by atoms with van der Waals surface area (Å²) in [5, 5.41) is 9.37. The third kappa shape index (κ3) is 4.34. The van der Waals surface area contributed by atoms with E-state index in [1.54, 1.807) is 9.58 Å². The van der Waals surface area contributed by atoms with Crippen LogP contribution in [0.2, 0.25) is 0 Å². The molecule has 2 aromatic rings.